The zero-order valence-electron chi connectivity index (χ0n) is 17.5. The van der Waals surface area contributed by atoms with E-state index in [0.717, 1.165) is 37.9 Å². The van der Waals surface area contributed by atoms with Crippen molar-refractivity contribution in [3.63, 3.8) is 0 Å². The molecule has 2 fully saturated rings. The molecule has 28 heavy (non-hydrogen) atoms. The number of hydrogen-bond donors (Lipinski definition) is 1. The Morgan fingerprint density at radius 1 is 1.14 bits per heavy atom. The molecule has 0 saturated carbocycles. The summed E-state index contributed by atoms with van der Waals surface area (Å²) in [5.74, 6) is 2.60. The van der Waals surface area contributed by atoms with Crippen LogP contribution < -0.4 is 10.1 Å². The largest absolute Gasteiger partial charge is 0.497 e. The Labute approximate surface area is 187 Å². The number of aliphatic imine (C=N–C) groups is 1. The summed E-state index contributed by atoms with van der Waals surface area (Å²) >= 11 is 0. The van der Waals surface area contributed by atoms with Gasteiger partial charge in [-0.25, -0.2) is 0 Å². The zero-order chi connectivity index (χ0) is 18.9. The minimum absolute atomic E-state index is 0. The van der Waals surface area contributed by atoms with Crippen molar-refractivity contribution < 1.29 is 4.74 Å². The van der Waals surface area contributed by atoms with E-state index in [1.807, 2.05) is 0 Å². The van der Waals surface area contributed by atoms with Crippen LogP contribution in [0, 0.1) is 0 Å². The highest BCUT2D eigenvalue weighted by atomic mass is 127. The van der Waals surface area contributed by atoms with E-state index in [0.29, 0.717) is 5.92 Å². The van der Waals surface area contributed by atoms with Crippen LogP contribution in [0.15, 0.2) is 29.3 Å². The first kappa shape index (κ1) is 23.3. The summed E-state index contributed by atoms with van der Waals surface area (Å²) in [6, 6.07) is 8.54. The molecule has 2 heterocycles. The molecule has 0 radical (unpaired) electrons. The maximum atomic E-state index is 5.28. The number of rotatable bonds is 8. The van der Waals surface area contributed by atoms with Gasteiger partial charge >= 0.3 is 0 Å². The van der Waals surface area contributed by atoms with Gasteiger partial charge in [-0.3, -0.25) is 4.99 Å². The van der Waals surface area contributed by atoms with E-state index in [4.69, 9.17) is 9.73 Å². The summed E-state index contributed by atoms with van der Waals surface area (Å²) < 4.78 is 5.28. The molecule has 0 amide bonds. The fourth-order valence-corrected chi connectivity index (χ4v) is 4.17. The van der Waals surface area contributed by atoms with Gasteiger partial charge in [-0.2, -0.15) is 0 Å². The van der Waals surface area contributed by atoms with Gasteiger partial charge in [-0.15, -0.1) is 24.0 Å². The molecule has 158 valence electrons. The fraction of sp³-hybridized carbons (Fsp3) is 0.682. The lowest BCUT2D eigenvalue weighted by molar-refractivity contribution is 0.331. The van der Waals surface area contributed by atoms with Crippen molar-refractivity contribution >= 4 is 29.9 Å². The normalized spacial score (nSPS) is 20.3. The first-order valence-electron chi connectivity index (χ1n) is 10.7. The molecule has 2 saturated heterocycles. The minimum atomic E-state index is 0. The summed E-state index contributed by atoms with van der Waals surface area (Å²) in [4.78, 5) is 9.93. The van der Waals surface area contributed by atoms with E-state index in [-0.39, 0.29) is 24.0 Å². The summed E-state index contributed by atoms with van der Waals surface area (Å²) in [6.45, 7) is 9.98. The van der Waals surface area contributed by atoms with Gasteiger partial charge in [0.15, 0.2) is 5.96 Å². The van der Waals surface area contributed by atoms with Gasteiger partial charge in [-0.1, -0.05) is 12.1 Å². The Hall–Kier alpha value is -1.02. The summed E-state index contributed by atoms with van der Waals surface area (Å²) in [7, 11) is 1.72. The van der Waals surface area contributed by atoms with E-state index in [9.17, 15) is 0 Å². The molecule has 0 aromatic heterocycles. The molecule has 1 unspecified atom stereocenters. The molecule has 0 bridgehead atoms. The lowest BCUT2D eigenvalue weighted by Crippen LogP contribution is -2.40. The van der Waals surface area contributed by atoms with Crippen molar-refractivity contribution in [1.29, 1.82) is 0 Å². The van der Waals surface area contributed by atoms with Crippen LogP contribution in [0.25, 0.3) is 0 Å². The molecule has 2 aliphatic heterocycles. The monoisotopic (exact) mass is 500 g/mol. The van der Waals surface area contributed by atoms with Crippen LogP contribution in [0.2, 0.25) is 0 Å². The minimum Gasteiger partial charge on any atom is -0.497 e. The Balaban J connectivity index is 0.00000280. The number of halogens is 1. The Morgan fingerprint density at radius 2 is 1.89 bits per heavy atom. The molecule has 0 aliphatic carbocycles. The van der Waals surface area contributed by atoms with Crippen LogP contribution in [0.1, 0.15) is 50.5 Å². The maximum absolute atomic E-state index is 5.28. The summed E-state index contributed by atoms with van der Waals surface area (Å²) in [6.07, 6.45) is 6.39. The van der Waals surface area contributed by atoms with Crippen LogP contribution >= 0.6 is 24.0 Å². The Morgan fingerprint density at radius 3 is 2.57 bits per heavy atom. The van der Waals surface area contributed by atoms with E-state index >= 15 is 0 Å². The molecule has 1 atom stereocenters. The SMILES string of the molecule is CCNC(=NCCCCN1CCCC1)N1CCC(c2ccc(OC)cc2)C1.I. The van der Waals surface area contributed by atoms with Gasteiger partial charge in [0.2, 0.25) is 0 Å². The molecule has 0 spiro atoms. The van der Waals surface area contributed by atoms with Gasteiger partial charge in [0.05, 0.1) is 7.11 Å². The van der Waals surface area contributed by atoms with Crippen molar-refractivity contribution in [1.82, 2.24) is 15.1 Å². The Bertz CT molecular complexity index is 587. The second kappa shape index (κ2) is 12.5. The van der Waals surface area contributed by atoms with Gasteiger partial charge in [0.1, 0.15) is 5.75 Å². The highest BCUT2D eigenvalue weighted by Gasteiger charge is 2.26. The number of ether oxygens (including phenoxy) is 1. The highest BCUT2D eigenvalue weighted by Crippen LogP contribution is 2.28. The van der Waals surface area contributed by atoms with Crippen LogP contribution in [0.5, 0.6) is 5.75 Å². The van der Waals surface area contributed by atoms with Crippen molar-refractivity contribution in [3.8, 4) is 5.75 Å². The first-order valence-corrected chi connectivity index (χ1v) is 10.7. The maximum Gasteiger partial charge on any atom is 0.193 e. The third kappa shape index (κ3) is 6.79. The number of likely N-dealkylation sites (tertiary alicyclic amines) is 2. The summed E-state index contributed by atoms with van der Waals surface area (Å²) in [5, 5.41) is 3.49. The molecule has 3 rings (SSSR count). The Kier molecular flexibility index (Phi) is 10.4. The molecular weight excluding hydrogens is 463 g/mol. The molecule has 1 aromatic rings. The highest BCUT2D eigenvalue weighted by molar-refractivity contribution is 14.0. The lowest BCUT2D eigenvalue weighted by atomic mass is 9.98. The topological polar surface area (TPSA) is 40.1 Å². The van der Waals surface area contributed by atoms with Crippen molar-refractivity contribution in [2.45, 2.75) is 44.9 Å². The van der Waals surface area contributed by atoms with Crippen molar-refractivity contribution in [2.24, 2.45) is 4.99 Å². The van der Waals surface area contributed by atoms with E-state index in [1.165, 1.54) is 57.3 Å². The number of benzene rings is 1. The molecule has 1 N–H and O–H groups in total. The molecular formula is C22H37IN4O. The lowest BCUT2D eigenvalue weighted by Gasteiger charge is -2.22. The number of nitrogens with zero attached hydrogens (tertiary/aromatic N) is 3. The van der Waals surface area contributed by atoms with Gasteiger partial charge in [-0.05, 0) is 76.4 Å². The van der Waals surface area contributed by atoms with Crippen LogP contribution in [0.3, 0.4) is 0 Å². The fourth-order valence-electron chi connectivity index (χ4n) is 4.17. The van der Waals surface area contributed by atoms with Gasteiger partial charge < -0.3 is 19.9 Å². The number of nitrogens with one attached hydrogen (secondary N) is 1. The van der Waals surface area contributed by atoms with Gasteiger partial charge in [0, 0.05) is 32.1 Å². The predicted octanol–water partition coefficient (Wildman–Crippen LogP) is 3.94. The first-order chi connectivity index (χ1) is 13.3. The standard InChI is InChI=1S/C22H36N4O.HI/c1-3-23-22(24-13-4-5-14-25-15-6-7-16-25)26-17-12-20(18-26)19-8-10-21(27-2)11-9-19;/h8-11,20H,3-7,12-18H2,1-2H3,(H,23,24);1H. The van der Waals surface area contributed by atoms with Crippen molar-refractivity contribution in [2.75, 3.05) is 52.9 Å². The smallest absolute Gasteiger partial charge is 0.193 e. The number of unbranched alkanes of at least 4 members (excludes halogenated alkanes) is 1. The number of hydrogen-bond acceptors (Lipinski definition) is 3. The van der Waals surface area contributed by atoms with E-state index < -0.39 is 0 Å². The summed E-state index contributed by atoms with van der Waals surface area (Å²) in [5.41, 5.74) is 1.40. The molecule has 6 heteroatoms. The third-order valence-electron chi connectivity index (χ3n) is 5.75. The predicted molar refractivity (Wildman–Crippen MR) is 128 cm³/mol. The molecule has 5 nitrogen and oxygen atoms in total. The molecule has 2 aliphatic rings. The van der Waals surface area contributed by atoms with E-state index in [1.54, 1.807) is 7.11 Å². The quantitative estimate of drug-likeness (QED) is 0.254. The second-order valence-electron chi connectivity index (χ2n) is 7.70. The van der Waals surface area contributed by atoms with Crippen LogP contribution in [0.4, 0.5) is 0 Å². The number of methoxy groups -OCH3 is 1. The van der Waals surface area contributed by atoms with Crippen LogP contribution in [-0.4, -0.2) is 68.7 Å². The van der Waals surface area contributed by atoms with Crippen molar-refractivity contribution in [3.05, 3.63) is 29.8 Å². The average molecular weight is 500 g/mol. The zero-order valence-corrected chi connectivity index (χ0v) is 19.9. The number of guanidine groups is 1. The van der Waals surface area contributed by atoms with E-state index in [2.05, 4.69) is 46.3 Å². The van der Waals surface area contributed by atoms with Gasteiger partial charge in [0.25, 0.3) is 0 Å². The van der Waals surface area contributed by atoms with Crippen LogP contribution in [-0.2, 0) is 0 Å². The third-order valence-corrected chi connectivity index (χ3v) is 5.75. The second-order valence-corrected chi connectivity index (χ2v) is 7.70. The average Bonchev–Trinajstić information content (AvgIpc) is 3.39. The molecule has 1 aromatic carbocycles.